The zero-order valence-electron chi connectivity index (χ0n) is 14.0. The minimum Gasteiger partial charge on any atom is -0.496 e. The summed E-state index contributed by atoms with van der Waals surface area (Å²) in [5, 5.41) is 7.53. The van der Waals surface area contributed by atoms with Crippen molar-refractivity contribution in [1.29, 1.82) is 0 Å². The maximum Gasteiger partial charge on any atom is 0.287 e. The number of methoxy groups -OCH3 is 1. The Morgan fingerprint density at radius 3 is 2.62 bits per heavy atom. The van der Waals surface area contributed by atoms with Gasteiger partial charge in [-0.15, -0.1) is 0 Å². The predicted molar refractivity (Wildman–Crippen MR) is 102 cm³/mol. The fourth-order valence-electron chi connectivity index (χ4n) is 2.36. The summed E-state index contributed by atoms with van der Waals surface area (Å²) in [6.07, 6.45) is 0. The summed E-state index contributed by atoms with van der Waals surface area (Å²) < 4.78 is 5.32. The summed E-state index contributed by atoms with van der Waals surface area (Å²) in [6.45, 7) is 3.88. The number of ether oxygens (including phenoxy) is 1. The standard InChI is InChI=1S/C19H17ClN4O2/c1-12(13-7-9-14(20)10-8-13)21-24-19(25)17-11-16(22-23-17)15-5-3-4-6-18(15)26-2/h3-11,21H,1H2,2H3,(H,22,23)(H,24,25). The minimum atomic E-state index is -0.367. The molecule has 0 aliphatic carbocycles. The highest BCUT2D eigenvalue weighted by Gasteiger charge is 2.13. The Bertz CT molecular complexity index is 935. The minimum absolute atomic E-state index is 0.308. The van der Waals surface area contributed by atoms with E-state index in [1.165, 1.54) is 0 Å². The number of nitrogens with zero attached hydrogens (tertiary/aromatic N) is 1. The lowest BCUT2D eigenvalue weighted by Crippen LogP contribution is -2.36. The summed E-state index contributed by atoms with van der Waals surface area (Å²) in [6, 6.07) is 16.2. The van der Waals surface area contributed by atoms with E-state index < -0.39 is 0 Å². The second kappa shape index (κ2) is 7.76. The van der Waals surface area contributed by atoms with Crippen LogP contribution < -0.4 is 15.6 Å². The molecule has 6 nitrogen and oxygen atoms in total. The number of aromatic amines is 1. The fourth-order valence-corrected chi connectivity index (χ4v) is 2.48. The molecule has 0 fully saturated rings. The first kappa shape index (κ1) is 17.6. The van der Waals surface area contributed by atoms with Gasteiger partial charge in [-0.2, -0.15) is 5.10 Å². The van der Waals surface area contributed by atoms with Crippen LogP contribution in [-0.2, 0) is 0 Å². The number of H-pyrrole nitrogens is 1. The highest BCUT2D eigenvalue weighted by atomic mass is 35.5. The number of aromatic nitrogens is 2. The smallest absolute Gasteiger partial charge is 0.287 e. The number of halogens is 1. The fraction of sp³-hybridized carbons (Fsp3) is 0.0526. The van der Waals surface area contributed by atoms with Crippen molar-refractivity contribution in [2.75, 3.05) is 7.11 Å². The first-order valence-corrected chi connectivity index (χ1v) is 8.16. The maximum atomic E-state index is 12.3. The van der Waals surface area contributed by atoms with Crippen molar-refractivity contribution >= 4 is 23.2 Å². The Hall–Kier alpha value is -3.25. The van der Waals surface area contributed by atoms with Crippen molar-refractivity contribution in [3.8, 4) is 17.0 Å². The molecule has 3 aromatic rings. The Morgan fingerprint density at radius 2 is 1.88 bits per heavy atom. The van der Waals surface area contributed by atoms with E-state index >= 15 is 0 Å². The third-order valence-electron chi connectivity index (χ3n) is 3.73. The van der Waals surface area contributed by atoms with Crippen molar-refractivity contribution in [2.24, 2.45) is 0 Å². The highest BCUT2D eigenvalue weighted by molar-refractivity contribution is 6.30. The molecule has 0 aliphatic rings. The molecule has 7 heteroatoms. The lowest BCUT2D eigenvalue weighted by atomic mass is 10.1. The molecule has 0 aliphatic heterocycles. The molecule has 3 rings (SSSR count). The van der Waals surface area contributed by atoms with Gasteiger partial charge in [-0.3, -0.25) is 20.7 Å². The van der Waals surface area contributed by atoms with E-state index in [2.05, 4.69) is 27.6 Å². The first-order chi connectivity index (χ1) is 12.6. The predicted octanol–water partition coefficient (Wildman–Crippen LogP) is 3.64. The average molecular weight is 369 g/mol. The van der Waals surface area contributed by atoms with Gasteiger partial charge in [0.05, 0.1) is 18.5 Å². The Kier molecular flexibility index (Phi) is 5.24. The molecule has 1 aromatic heterocycles. The number of carbonyl (C=O) groups is 1. The molecule has 1 heterocycles. The van der Waals surface area contributed by atoms with Gasteiger partial charge in [0, 0.05) is 10.6 Å². The summed E-state index contributed by atoms with van der Waals surface area (Å²) >= 11 is 5.86. The molecule has 26 heavy (non-hydrogen) atoms. The van der Waals surface area contributed by atoms with Crippen LogP contribution in [0.2, 0.25) is 5.02 Å². The third kappa shape index (κ3) is 3.87. The van der Waals surface area contributed by atoms with Crippen LogP contribution in [-0.4, -0.2) is 23.2 Å². The third-order valence-corrected chi connectivity index (χ3v) is 3.98. The van der Waals surface area contributed by atoms with Gasteiger partial charge in [-0.05, 0) is 35.9 Å². The zero-order chi connectivity index (χ0) is 18.5. The van der Waals surface area contributed by atoms with E-state index in [-0.39, 0.29) is 5.91 Å². The van der Waals surface area contributed by atoms with Crippen LogP contribution in [0, 0.1) is 0 Å². The van der Waals surface area contributed by atoms with Crippen LogP contribution in [0.25, 0.3) is 17.0 Å². The largest absolute Gasteiger partial charge is 0.496 e. The molecular formula is C19H17ClN4O2. The van der Waals surface area contributed by atoms with E-state index in [1.807, 2.05) is 24.3 Å². The summed E-state index contributed by atoms with van der Waals surface area (Å²) in [5.74, 6) is 0.314. The molecule has 2 aromatic carbocycles. The first-order valence-electron chi connectivity index (χ1n) is 7.78. The van der Waals surface area contributed by atoms with E-state index in [1.54, 1.807) is 37.4 Å². The maximum absolute atomic E-state index is 12.3. The number of hydrazine groups is 1. The molecule has 0 saturated carbocycles. The van der Waals surface area contributed by atoms with Crippen molar-refractivity contribution in [3.63, 3.8) is 0 Å². The van der Waals surface area contributed by atoms with Gasteiger partial charge in [0.25, 0.3) is 5.91 Å². The lowest BCUT2D eigenvalue weighted by Gasteiger charge is -2.10. The molecule has 3 N–H and O–H groups in total. The van der Waals surface area contributed by atoms with Gasteiger partial charge in [0.1, 0.15) is 11.4 Å². The van der Waals surface area contributed by atoms with Crippen LogP contribution in [0.4, 0.5) is 0 Å². The van der Waals surface area contributed by atoms with Crippen molar-refractivity contribution in [3.05, 3.63) is 77.5 Å². The number of nitrogens with one attached hydrogen (secondary N) is 3. The van der Waals surface area contributed by atoms with Gasteiger partial charge in [0.15, 0.2) is 0 Å². The van der Waals surface area contributed by atoms with Crippen molar-refractivity contribution in [1.82, 2.24) is 21.0 Å². The van der Waals surface area contributed by atoms with Crippen LogP contribution in [0.3, 0.4) is 0 Å². The molecule has 0 radical (unpaired) electrons. The molecule has 1 amide bonds. The molecule has 0 bridgehead atoms. The lowest BCUT2D eigenvalue weighted by molar-refractivity contribution is 0.0937. The van der Waals surface area contributed by atoms with E-state index in [4.69, 9.17) is 16.3 Å². The number of carbonyl (C=O) groups excluding carboxylic acids is 1. The van der Waals surface area contributed by atoms with Gasteiger partial charge in [0.2, 0.25) is 0 Å². The van der Waals surface area contributed by atoms with E-state index in [9.17, 15) is 4.79 Å². The number of amides is 1. The van der Waals surface area contributed by atoms with Gasteiger partial charge >= 0.3 is 0 Å². The molecule has 0 saturated heterocycles. The van der Waals surface area contributed by atoms with Crippen LogP contribution in [0.5, 0.6) is 5.75 Å². The Morgan fingerprint density at radius 1 is 1.15 bits per heavy atom. The molecular weight excluding hydrogens is 352 g/mol. The average Bonchev–Trinajstić information content (AvgIpc) is 3.16. The zero-order valence-corrected chi connectivity index (χ0v) is 14.8. The number of benzene rings is 2. The van der Waals surface area contributed by atoms with Gasteiger partial charge in [-0.25, -0.2) is 0 Å². The molecule has 0 atom stereocenters. The number of para-hydroxylation sites is 1. The second-order valence-electron chi connectivity index (χ2n) is 5.43. The highest BCUT2D eigenvalue weighted by Crippen LogP contribution is 2.28. The monoisotopic (exact) mass is 368 g/mol. The molecule has 0 spiro atoms. The SMILES string of the molecule is C=C(NNC(=O)c1cc(-c2ccccc2OC)n[nH]1)c1ccc(Cl)cc1. The second-order valence-corrected chi connectivity index (χ2v) is 5.87. The van der Waals surface area contributed by atoms with Gasteiger partial charge < -0.3 is 4.74 Å². The quantitative estimate of drug-likeness (QED) is 0.580. The van der Waals surface area contributed by atoms with Crippen molar-refractivity contribution in [2.45, 2.75) is 0 Å². The summed E-state index contributed by atoms with van der Waals surface area (Å²) in [7, 11) is 1.59. The van der Waals surface area contributed by atoms with E-state index in [0.29, 0.717) is 27.9 Å². The Labute approximate surface area is 155 Å². The van der Waals surface area contributed by atoms with E-state index in [0.717, 1.165) is 11.1 Å². The number of rotatable bonds is 6. The number of hydrogen-bond acceptors (Lipinski definition) is 4. The molecule has 132 valence electrons. The van der Waals surface area contributed by atoms with Crippen LogP contribution in [0.15, 0.2) is 61.2 Å². The summed E-state index contributed by atoms with van der Waals surface area (Å²) in [5.41, 5.74) is 8.43. The topological polar surface area (TPSA) is 79.0 Å². The van der Waals surface area contributed by atoms with Crippen LogP contribution in [0.1, 0.15) is 16.1 Å². The Balaban J connectivity index is 1.67. The molecule has 0 unspecified atom stereocenters. The number of hydrogen-bond donors (Lipinski definition) is 3. The summed E-state index contributed by atoms with van der Waals surface area (Å²) in [4.78, 5) is 12.3. The van der Waals surface area contributed by atoms with Crippen molar-refractivity contribution < 1.29 is 9.53 Å². The normalized spacial score (nSPS) is 10.2. The van der Waals surface area contributed by atoms with Gasteiger partial charge in [-0.1, -0.05) is 42.4 Å². The van der Waals surface area contributed by atoms with Crippen LogP contribution >= 0.6 is 11.6 Å².